The molecule has 2 aromatic carbocycles. The molecular weight excluding hydrogens is 358 g/mol. The monoisotopic (exact) mass is 371 g/mol. The van der Waals surface area contributed by atoms with Crippen LogP contribution in [-0.2, 0) is 0 Å². The van der Waals surface area contributed by atoms with Gasteiger partial charge in [-0.05, 0) is 39.7 Å². The van der Waals surface area contributed by atoms with Crippen molar-refractivity contribution in [3.8, 4) is 17.6 Å². The standard InChI is InChI=1S/C17H14BrN3O2/c1-22-14-5-2-9(6-13(14)18)16-11-4-3-10(20)7-15(11)23-17(21)12(16)8-19/h2-7,16H,20-21H2,1H3/t16-/m0/s1. The van der Waals surface area contributed by atoms with E-state index >= 15 is 0 Å². The number of hydrogen-bond acceptors (Lipinski definition) is 5. The molecule has 1 aliphatic rings. The van der Waals surface area contributed by atoms with E-state index in [-0.39, 0.29) is 11.8 Å². The Labute approximate surface area is 142 Å². The number of anilines is 1. The first-order valence-electron chi connectivity index (χ1n) is 6.85. The Balaban J connectivity index is 2.20. The lowest BCUT2D eigenvalue weighted by Gasteiger charge is -2.27. The van der Waals surface area contributed by atoms with Gasteiger partial charge < -0.3 is 20.9 Å². The Morgan fingerprint density at radius 2 is 2.00 bits per heavy atom. The Kier molecular flexibility index (Phi) is 3.89. The van der Waals surface area contributed by atoms with Crippen LogP contribution in [0, 0.1) is 11.3 Å². The minimum absolute atomic E-state index is 0.0996. The fourth-order valence-corrected chi connectivity index (χ4v) is 3.24. The topological polar surface area (TPSA) is 94.3 Å². The highest BCUT2D eigenvalue weighted by Gasteiger charge is 2.31. The fraction of sp³-hybridized carbons (Fsp3) is 0.118. The molecule has 2 aromatic rings. The van der Waals surface area contributed by atoms with Crippen molar-refractivity contribution in [1.29, 1.82) is 5.26 Å². The van der Waals surface area contributed by atoms with E-state index in [1.165, 1.54) is 0 Å². The number of nitriles is 1. The summed E-state index contributed by atoms with van der Waals surface area (Å²) in [5.74, 6) is 1.07. The molecule has 6 heteroatoms. The summed E-state index contributed by atoms with van der Waals surface area (Å²) in [6.07, 6.45) is 0. The molecule has 0 aromatic heterocycles. The molecule has 0 amide bonds. The molecule has 1 heterocycles. The molecule has 1 atom stereocenters. The van der Waals surface area contributed by atoms with Crippen molar-refractivity contribution in [3.05, 3.63) is 63.5 Å². The Morgan fingerprint density at radius 3 is 2.65 bits per heavy atom. The molecule has 0 unspecified atom stereocenters. The zero-order valence-electron chi connectivity index (χ0n) is 12.3. The average Bonchev–Trinajstić information content (AvgIpc) is 2.53. The number of nitrogens with zero attached hydrogens (tertiary/aromatic N) is 1. The van der Waals surface area contributed by atoms with Gasteiger partial charge in [-0.1, -0.05) is 12.1 Å². The summed E-state index contributed by atoms with van der Waals surface area (Å²) in [6.45, 7) is 0. The summed E-state index contributed by atoms with van der Waals surface area (Å²) in [5, 5.41) is 9.51. The van der Waals surface area contributed by atoms with E-state index in [1.807, 2.05) is 24.3 Å². The summed E-state index contributed by atoms with van der Waals surface area (Å²) in [7, 11) is 1.60. The Hall–Kier alpha value is -2.65. The van der Waals surface area contributed by atoms with Crippen LogP contribution in [0.25, 0.3) is 0 Å². The molecule has 0 bridgehead atoms. The van der Waals surface area contributed by atoms with Gasteiger partial charge in [0.25, 0.3) is 0 Å². The van der Waals surface area contributed by atoms with Crippen molar-refractivity contribution >= 4 is 21.6 Å². The molecule has 0 radical (unpaired) electrons. The van der Waals surface area contributed by atoms with Crippen LogP contribution in [0.5, 0.6) is 11.5 Å². The number of hydrogen-bond donors (Lipinski definition) is 2. The van der Waals surface area contributed by atoms with Crippen LogP contribution in [0.15, 0.2) is 52.3 Å². The van der Waals surface area contributed by atoms with Gasteiger partial charge in [0.15, 0.2) is 0 Å². The SMILES string of the molecule is COc1ccc([C@@H]2C(C#N)=C(N)Oc3cc(N)ccc32)cc1Br. The predicted molar refractivity (Wildman–Crippen MR) is 90.8 cm³/mol. The Morgan fingerprint density at radius 1 is 1.22 bits per heavy atom. The molecule has 1 aliphatic heterocycles. The Bertz CT molecular complexity index is 855. The second kappa shape index (κ2) is 5.86. The summed E-state index contributed by atoms with van der Waals surface area (Å²) in [5.41, 5.74) is 14.5. The molecule has 0 spiro atoms. The van der Waals surface area contributed by atoms with Gasteiger partial charge in [0.05, 0.1) is 17.5 Å². The minimum atomic E-state index is -0.313. The van der Waals surface area contributed by atoms with Crippen molar-refractivity contribution in [2.75, 3.05) is 12.8 Å². The first-order valence-corrected chi connectivity index (χ1v) is 7.65. The second-order valence-corrected chi connectivity index (χ2v) is 5.97. The number of nitrogens with two attached hydrogens (primary N) is 2. The normalized spacial score (nSPS) is 16.3. The number of fused-ring (bicyclic) bond motifs is 1. The first-order chi connectivity index (χ1) is 11.0. The van der Waals surface area contributed by atoms with Crippen molar-refractivity contribution in [2.45, 2.75) is 5.92 Å². The van der Waals surface area contributed by atoms with E-state index < -0.39 is 0 Å². The highest BCUT2D eigenvalue weighted by molar-refractivity contribution is 9.10. The van der Waals surface area contributed by atoms with Gasteiger partial charge in [0.1, 0.15) is 23.1 Å². The molecule has 0 saturated heterocycles. The maximum atomic E-state index is 9.51. The van der Waals surface area contributed by atoms with E-state index in [9.17, 15) is 5.26 Å². The molecule has 4 N–H and O–H groups in total. The lowest BCUT2D eigenvalue weighted by atomic mass is 9.83. The van der Waals surface area contributed by atoms with Gasteiger partial charge in [-0.15, -0.1) is 0 Å². The third kappa shape index (κ3) is 2.60. The van der Waals surface area contributed by atoms with E-state index in [1.54, 1.807) is 19.2 Å². The summed E-state index contributed by atoms with van der Waals surface area (Å²) >= 11 is 3.48. The van der Waals surface area contributed by atoms with E-state index in [0.717, 1.165) is 15.6 Å². The summed E-state index contributed by atoms with van der Waals surface area (Å²) in [4.78, 5) is 0. The van der Waals surface area contributed by atoms with Crippen molar-refractivity contribution < 1.29 is 9.47 Å². The van der Waals surface area contributed by atoms with Gasteiger partial charge in [0.2, 0.25) is 5.88 Å². The highest BCUT2D eigenvalue weighted by Crippen LogP contribution is 2.43. The van der Waals surface area contributed by atoms with Crippen LogP contribution in [0.1, 0.15) is 17.0 Å². The molecule has 3 rings (SSSR count). The highest BCUT2D eigenvalue weighted by atomic mass is 79.9. The van der Waals surface area contributed by atoms with Gasteiger partial charge in [-0.2, -0.15) is 5.26 Å². The number of nitrogen functional groups attached to an aromatic ring is 1. The predicted octanol–water partition coefficient (Wildman–Crippen LogP) is 3.26. The number of benzene rings is 2. The van der Waals surface area contributed by atoms with Gasteiger partial charge in [-0.25, -0.2) is 0 Å². The largest absolute Gasteiger partial charge is 0.496 e. The quantitative estimate of drug-likeness (QED) is 0.790. The molecule has 5 nitrogen and oxygen atoms in total. The van der Waals surface area contributed by atoms with Gasteiger partial charge in [0, 0.05) is 17.3 Å². The fourth-order valence-electron chi connectivity index (χ4n) is 2.68. The van der Waals surface area contributed by atoms with Crippen LogP contribution in [-0.4, -0.2) is 7.11 Å². The molecule has 0 saturated carbocycles. The number of methoxy groups -OCH3 is 1. The van der Waals surface area contributed by atoms with Crippen molar-refractivity contribution in [1.82, 2.24) is 0 Å². The third-order valence-corrected chi connectivity index (χ3v) is 4.37. The molecule has 116 valence electrons. The molecule has 0 fully saturated rings. The minimum Gasteiger partial charge on any atom is -0.496 e. The van der Waals surface area contributed by atoms with Gasteiger partial charge in [-0.3, -0.25) is 0 Å². The number of allylic oxidation sites excluding steroid dienone is 1. The van der Waals surface area contributed by atoms with Crippen LogP contribution in [0.2, 0.25) is 0 Å². The second-order valence-electron chi connectivity index (χ2n) is 5.12. The number of rotatable bonds is 2. The molecule has 0 aliphatic carbocycles. The lowest BCUT2D eigenvalue weighted by molar-refractivity contribution is 0.393. The van der Waals surface area contributed by atoms with Crippen molar-refractivity contribution in [3.63, 3.8) is 0 Å². The van der Waals surface area contributed by atoms with Crippen LogP contribution in [0.4, 0.5) is 5.69 Å². The van der Waals surface area contributed by atoms with E-state index in [2.05, 4.69) is 22.0 Å². The number of halogens is 1. The van der Waals surface area contributed by atoms with E-state index in [0.29, 0.717) is 22.8 Å². The van der Waals surface area contributed by atoms with Crippen molar-refractivity contribution in [2.24, 2.45) is 5.73 Å². The smallest absolute Gasteiger partial charge is 0.205 e. The van der Waals surface area contributed by atoms with Crippen LogP contribution >= 0.6 is 15.9 Å². The summed E-state index contributed by atoms with van der Waals surface area (Å²) < 4.78 is 11.6. The zero-order chi connectivity index (χ0) is 16.6. The third-order valence-electron chi connectivity index (χ3n) is 3.75. The maximum absolute atomic E-state index is 9.51. The van der Waals surface area contributed by atoms with E-state index in [4.69, 9.17) is 20.9 Å². The van der Waals surface area contributed by atoms with Crippen LogP contribution in [0.3, 0.4) is 0 Å². The number of ether oxygens (including phenoxy) is 2. The van der Waals surface area contributed by atoms with Gasteiger partial charge >= 0.3 is 0 Å². The average molecular weight is 372 g/mol. The zero-order valence-corrected chi connectivity index (χ0v) is 13.9. The first kappa shape index (κ1) is 15.3. The summed E-state index contributed by atoms with van der Waals surface area (Å²) in [6, 6.07) is 13.2. The maximum Gasteiger partial charge on any atom is 0.205 e. The molecular formula is C17H14BrN3O2. The molecule has 23 heavy (non-hydrogen) atoms. The lowest BCUT2D eigenvalue weighted by Crippen LogP contribution is -2.21. The van der Waals surface area contributed by atoms with Crippen LogP contribution < -0.4 is 20.9 Å².